The van der Waals surface area contributed by atoms with E-state index in [1.54, 1.807) is 6.92 Å². The lowest BCUT2D eigenvalue weighted by Gasteiger charge is -2.10. The molecule has 0 bridgehead atoms. The van der Waals surface area contributed by atoms with Crippen LogP contribution in [-0.4, -0.2) is 25.5 Å². The summed E-state index contributed by atoms with van der Waals surface area (Å²) in [5, 5.41) is 0. The summed E-state index contributed by atoms with van der Waals surface area (Å²) in [6.45, 7) is 1.69. The minimum Gasteiger partial charge on any atom is -0.478 e. The second-order valence-corrected chi connectivity index (χ2v) is 5.61. The molecule has 106 valence electrons. The number of anilines is 1. The SMILES string of the molecule is COc1nc(C)cnc1NS(=O)(=O)c1cccc(F)c1. The molecule has 1 aromatic heterocycles. The third kappa shape index (κ3) is 3.02. The number of hydrogen-bond acceptors (Lipinski definition) is 5. The van der Waals surface area contributed by atoms with Crippen LogP contribution in [0.15, 0.2) is 35.4 Å². The first-order valence-corrected chi connectivity index (χ1v) is 7.07. The van der Waals surface area contributed by atoms with Gasteiger partial charge in [0, 0.05) is 0 Å². The Bertz CT molecular complexity index is 734. The lowest BCUT2D eigenvalue weighted by Crippen LogP contribution is -2.15. The maximum absolute atomic E-state index is 13.1. The Hall–Kier alpha value is -2.22. The summed E-state index contributed by atoms with van der Waals surface area (Å²) in [6, 6.07) is 4.66. The highest BCUT2D eigenvalue weighted by Crippen LogP contribution is 2.22. The van der Waals surface area contributed by atoms with Crippen LogP contribution in [0.25, 0.3) is 0 Å². The fourth-order valence-corrected chi connectivity index (χ4v) is 2.53. The molecule has 8 heteroatoms. The molecule has 0 amide bonds. The van der Waals surface area contributed by atoms with Crippen molar-refractivity contribution in [1.29, 1.82) is 0 Å². The van der Waals surface area contributed by atoms with E-state index in [-0.39, 0.29) is 16.6 Å². The van der Waals surface area contributed by atoms with Gasteiger partial charge in [-0.1, -0.05) is 6.07 Å². The van der Waals surface area contributed by atoms with E-state index in [0.717, 1.165) is 12.1 Å². The standard InChI is InChI=1S/C12H12FN3O3S/c1-8-7-14-11(12(15-8)19-2)16-20(17,18)10-5-3-4-9(13)6-10/h3-7H,1-2H3,(H,14,16). The maximum Gasteiger partial charge on any atom is 0.263 e. The molecule has 2 rings (SSSR count). The maximum atomic E-state index is 13.1. The summed E-state index contributed by atoms with van der Waals surface area (Å²) in [4.78, 5) is 7.71. The second kappa shape index (κ2) is 5.41. The van der Waals surface area contributed by atoms with Gasteiger partial charge in [-0.15, -0.1) is 0 Å². The molecule has 0 aliphatic rings. The van der Waals surface area contributed by atoms with Gasteiger partial charge in [0.2, 0.25) is 5.82 Å². The number of benzene rings is 1. The normalized spacial score (nSPS) is 11.2. The number of rotatable bonds is 4. The van der Waals surface area contributed by atoms with Crippen molar-refractivity contribution in [2.45, 2.75) is 11.8 Å². The third-order valence-electron chi connectivity index (χ3n) is 2.39. The van der Waals surface area contributed by atoms with E-state index in [1.807, 2.05) is 0 Å². The van der Waals surface area contributed by atoms with Crippen LogP contribution in [0.1, 0.15) is 5.69 Å². The molecule has 0 aliphatic heterocycles. The van der Waals surface area contributed by atoms with Crippen molar-refractivity contribution < 1.29 is 17.5 Å². The Labute approximate surface area is 115 Å². The Morgan fingerprint density at radius 2 is 2.10 bits per heavy atom. The summed E-state index contributed by atoms with van der Waals surface area (Å²) < 4.78 is 44.5. The summed E-state index contributed by atoms with van der Waals surface area (Å²) >= 11 is 0. The van der Waals surface area contributed by atoms with Crippen LogP contribution in [0, 0.1) is 12.7 Å². The fraction of sp³-hybridized carbons (Fsp3) is 0.167. The first-order chi connectivity index (χ1) is 9.42. The van der Waals surface area contributed by atoms with Crippen LogP contribution in [-0.2, 0) is 10.0 Å². The zero-order valence-corrected chi connectivity index (χ0v) is 11.6. The lowest BCUT2D eigenvalue weighted by atomic mass is 10.4. The quantitative estimate of drug-likeness (QED) is 0.929. The number of nitrogens with zero attached hydrogens (tertiary/aromatic N) is 2. The van der Waals surface area contributed by atoms with Crippen molar-refractivity contribution in [3.63, 3.8) is 0 Å². The first-order valence-electron chi connectivity index (χ1n) is 5.58. The molecule has 0 saturated carbocycles. The Morgan fingerprint density at radius 1 is 1.35 bits per heavy atom. The first kappa shape index (κ1) is 14.2. The smallest absolute Gasteiger partial charge is 0.263 e. The highest BCUT2D eigenvalue weighted by Gasteiger charge is 2.18. The Morgan fingerprint density at radius 3 is 2.75 bits per heavy atom. The van der Waals surface area contributed by atoms with Gasteiger partial charge in [-0.3, -0.25) is 4.72 Å². The molecule has 0 atom stereocenters. The average molecular weight is 297 g/mol. The molecule has 20 heavy (non-hydrogen) atoms. The molecular formula is C12H12FN3O3S. The van der Waals surface area contributed by atoms with Gasteiger partial charge >= 0.3 is 0 Å². The van der Waals surface area contributed by atoms with Crippen LogP contribution >= 0.6 is 0 Å². The molecule has 0 saturated heterocycles. The number of halogens is 1. The minimum atomic E-state index is -3.95. The number of sulfonamides is 1. The Balaban J connectivity index is 2.38. The van der Waals surface area contributed by atoms with E-state index in [1.165, 1.54) is 25.4 Å². The monoisotopic (exact) mass is 297 g/mol. The largest absolute Gasteiger partial charge is 0.478 e. The van der Waals surface area contributed by atoms with Gasteiger partial charge in [-0.05, 0) is 25.1 Å². The summed E-state index contributed by atoms with van der Waals surface area (Å²) in [5.41, 5.74) is 0.579. The van der Waals surface area contributed by atoms with Gasteiger partial charge in [0.25, 0.3) is 15.9 Å². The highest BCUT2D eigenvalue weighted by molar-refractivity contribution is 7.92. The number of hydrogen-bond donors (Lipinski definition) is 1. The predicted octanol–water partition coefficient (Wildman–Crippen LogP) is 1.73. The van der Waals surface area contributed by atoms with Crippen molar-refractivity contribution in [3.8, 4) is 5.88 Å². The van der Waals surface area contributed by atoms with Crippen molar-refractivity contribution >= 4 is 15.8 Å². The van der Waals surface area contributed by atoms with E-state index >= 15 is 0 Å². The fourth-order valence-electron chi connectivity index (χ4n) is 1.49. The van der Waals surface area contributed by atoms with E-state index in [0.29, 0.717) is 5.69 Å². The van der Waals surface area contributed by atoms with Crippen LogP contribution in [0.2, 0.25) is 0 Å². The van der Waals surface area contributed by atoms with E-state index in [2.05, 4.69) is 14.7 Å². The van der Waals surface area contributed by atoms with Crippen molar-refractivity contribution in [2.24, 2.45) is 0 Å². The zero-order valence-electron chi connectivity index (χ0n) is 10.8. The zero-order chi connectivity index (χ0) is 14.8. The molecule has 0 unspecified atom stereocenters. The second-order valence-electron chi connectivity index (χ2n) is 3.93. The van der Waals surface area contributed by atoms with Crippen LogP contribution in [0.3, 0.4) is 0 Å². The van der Waals surface area contributed by atoms with Crippen molar-refractivity contribution in [2.75, 3.05) is 11.8 Å². The third-order valence-corrected chi connectivity index (χ3v) is 3.73. The van der Waals surface area contributed by atoms with Gasteiger partial charge in [0.1, 0.15) is 5.82 Å². The summed E-state index contributed by atoms with van der Waals surface area (Å²) in [7, 11) is -2.60. The molecule has 0 aliphatic carbocycles. The lowest BCUT2D eigenvalue weighted by molar-refractivity contribution is 0.397. The van der Waals surface area contributed by atoms with Crippen molar-refractivity contribution in [3.05, 3.63) is 42.0 Å². The molecule has 0 spiro atoms. The van der Waals surface area contributed by atoms with E-state index < -0.39 is 15.8 Å². The number of methoxy groups -OCH3 is 1. The molecule has 1 aromatic carbocycles. The van der Waals surface area contributed by atoms with Crippen LogP contribution < -0.4 is 9.46 Å². The molecule has 1 heterocycles. The molecule has 2 aromatic rings. The van der Waals surface area contributed by atoms with Gasteiger partial charge in [-0.2, -0.15) is 0 Å². The van der Waals surface area contributed by atoms with Gasteiger partial charge in [0.05, 0.1) is 23.9 Å². The number of aryl methyl sites for hydroxylation is 1. The number of nitrogens with one attached hydrogen (secondary N) is 1. The van der Waals surface area contributed by atoms with Gasteiger partial charge < -0.3 is 4.74 Å². The van der Waals surface area contributed by atoms with Crippen molar-refractivity contribution in [1.82, 2.24) is 9.97 Å². The number of ether oxygens (including phenoxy) is 1. The van der Waals surface area contributed by atoms with E-state index in [4.69, 9.17) is 4.74 Å². The van der Waals surface area contributed by atoms with E-state index in [9.17, 15) is 12.8 Å². The minimum absolute atomic E-state index is 0.0463. The summed E-state index contributed by atoms with van der Waals surface area (Å²) in [5.74, 6) is -0.651. The van der Waals surface area contributed by atoms with Gasteiger partial charge in [0.15, 0.2) is 0 Å². The molecule has 0 fully saturated rings. The number of aromatic nitrogens is 2. The van der Waals surface area contributed by atoms with Crippen LogP contribution in [0.4, 0.5) is 10.2 Å². The average Bonchev–Trinajstić information content (AvgIpc) is 2.40. The van der Waals surface area contributed by atoms with Crippen LogP contribution in [0.5, 0.6) is 5.88 Å². The highest BCUT2D eigenvalue weighted by atomic mass is 32.2. The topological polar surface area (TPSA) is 81.2 Å². The Kier molecular flexibility index (Phi) is 3.84. The molecular weight excluding hydrogens is 285 g/mol. The van der Waals surface area contributed by atoms with Gasteiger partial charge in [-0.25, -0.2) is 22.8 Å². The molecule has 0 radical (unpaired) electrons. The molecule has 6 nitrogen and oxygen atoms in total. The summed E-state index contributed by atoms with van der Waals surface area (Å²) in [6.07, 6.45) is 1.39. The predicted molar refractivity (Wildman–Crippen MR) is 70.5 cm³/mol. The molecule has 1 N–H and O–H groups in total.